The van der Waals surface area contributed by atoms with Gasteiger partial charge in [-0.2, -0.15) is 0 Å². The van der Waals surface area contributed by atoms with E-state index in [9.17, 15) is 0 Å². The molecule has 0 aromatic heterocycles. The van der Waals surface area contributed by atoms with Gasteiger partial charge in [-0.05, 0) is 12.0 Å². The van der Waals surface area contributed by atoms with Gasteiger partial charge in [0.1, 0.15) is 5.84 Å². The Morgan fingerprint density at radius 1 is 1.40 bits per heavy atom. The summed E-state index contributed by atoms with van der Waals surface area (Å²) >= 11 is 0. The van der Waals surface area contributed by atoms with Crippen LogP contribution in [0.3, 0.4) is 0 Å². The number of aliphatic hydroxyl groups is 1. The van der Waals surface area contributed by atoms with Crippen LogP contribution < -0.4 is 11.1 Å². The van der Waals surface area contributed by atoms with E-state index in [1.54, 1.807) is 7.11 Å². The topological polar surface area (TPSA) is 100 Å². The van der Waals surface area contributed by atoms with Crippen LogP contribution in [0.4, 0.5) is 0 Å². The third kappa shape index (κ3) is 5.16. The molecule has 6 nitrogen and oxygen atoms in total. The third-order valence-corrected chi connectivity index (χ3v) is 3.13. The van der Waals surface area contributed by atoms with Crippen LogP contribution in [0.15, 0.2) is 35.5 Å². The number of hydrogen-bond donors (Lipinski definition) is 4. The van der Waals surface area contributed by atoms with E-state index in [4.69, 9.17) is 20.8 Å². The van der Waals surface area contributed by atoms with Crippen LogP contribution >= 0.6 is 0 Å². The molecule has 0 amide bonds. The van der Waals surface area contributed by atoms with Crippen molar-refractivity contribution in [2.24, 2.45) is 10.9 Å². The number of aliphatic hydroxyl groups excluding tert-OH is 1. The molecule has 0 radical (unpaired) electrons. The minimum atomic E-state index is -0.223. The molecular formula is C14H23N3O3. The Morgan fingerprint density at radius 2 is 2.10 bits per heavy atom. The molecule has 0 heterocycles. The average molecular weight is 281 g/mol. The number of nitrogens with zero attached hydrogens (tertiary/aromatic N) is 1. The first-order valence-corrected chi connectivity index (χ1v) is 6.58. The molecule has 0 aliphatic rings. The van der Waals surface area contributed by atoms with E-state index in [0.717, 1.165) is 5.56 Å². The zero-order valence-electron chi connectivity index (χ0n) is 11.7. The molecule has 1 aromatic rings. The minimum Gasteiger partial charge on any atom is -0.409 e. The standard InChI is InChI=1S/C14H23N3O3/c1-20-10-12(7-8-18)16-9-13(14(15)17-19)11-5-3-2-4-6-11/h2-6,12-13,16,18-19H,7-10H2,1H3,(H2,15,17). The fourth-order valence-corrected chi connectivity index (χ4v) is 2.03. The summed E-state index contributed by atoms with van der Waals surface area (Å²) in [4.78, 5) is 0. The lowest BCUT2D eigenvalue weighted by atomic mass is 9.97. The second-order valence-corrected chi connectivity index (χ2v) is 4.56. The summed E-state index contributed by atoms with van der Waals surface area (Å²) in [6.07, 6.45) is 0.589. The number of amidine groups is 1. The molecule has 0 aliphatic carbocycles. The van der Waals surface area contributed by atoms with Crippen LogP contribution in [0.25, 0.3) is 0 Å². The Labute approximate surface area is 119 Å². The van der Waals surface area contributed by atoms with Gasteiger partial charge in [0.15, 0.2) is 0 Å². The highest BCUT2D eigenvalue weighted by molar-refractivity contribution is 5.87. The Morgan fingerprint density at radius 3 is 2.65 bits per heavy atom. The molecule has 5 N–H and O–H groups in total. The summed E-state index contributed by atoms with van der Waals surface area (Å²) in [5.41, 5.74) is 6.73. The number of hydrogen-bond acceptors (Lipinski definition) is 5. The number of methoxy groups -OCH3 is 1. The van der Waals surface area contributed by atoms with E-state index < -0.39 is 0 Å². The van der Waals surface area contributed by atoms with Crippen molar-refractivity contribution in [3.05, 3.63) is 35.9 Å². The van der Waals surface area contributed by atoms with Gasteiger partial charge in [-0.15, -0.1) is 0 Å². The van der Waals surface area contributed by atoms with Crippen LogP contribution in [0.5, 0.6) is 0 Å². The van der Waals surface area contributed by atoms with Crippen molar-refractivity contribution in [2.75, 3.05) is 26.9 Å². The summed E-state index contributed by atoms with van der Waals surface area (Å²) in [5, 5.41) is 24.3. The maximum Gasteiger partial charge on any atom is 0.147 e. The van der Waals surface area contributed by atoms with Gasteiger partial charge >= 0.3 is 0 Å². The van der Waals surface area contributed by atoms with Crippen LogP contribution in [-0.2, 0) is 4.74 Å². The predicted molar refractivity (Wildman–Crippen MR) is 78.0 cm³/mol. The summed E-state index contributed by atoms with van der Waals surface area (Å²) in [6, 6.07) is 9.63. The van der Waals surface area contributed by atoms with E-state index >= 15 is 0 Å². The van der Waals surface area contributed by atoms with Gasteiger partial charge in [-0.25, -0.2) is 0 Å². The molecule has 0 saturated carbocycles. The number of ether oxygens (including phenoxy) is 1. The zero-order valence-corrected chi connectivity index (χ0v) is 11.7. The summed E-state index contributed by atoms with van der Waals surface area (Å²) in [6.45, 7) is 1.09. The van der Waals surface area contributed by atoms with Crippen LogP contribution in [0.2, 0.25) is 0 Å². The van der Waals surface area contributed by atoms with Gasteiger partial charge in [-0.1, -0.05) is 35.5 Å². The van der Waals surface area contributed by atoms with Crippen molar-refractivity contribution >= 4 is 5.84 Å². The molecule has 1 rings (SSSR count). The summed E-state index contributed by atoms with van der Waals surface area (Å²) < 4.78 is 5.10. The zero-order chi connectivity index (χ0) is 14.8. The molecule has 0 spiro atoms. The molecule has 1 aromatic carbocycles. The SMILES string of the molecule is COCC(CCO)NCC(/C(N)=N/O)c1ccccc1. The van der Waals surface area contributed by atoms with Gasteiger partial charge in [0.2, 0.25) is 0 Å². The largest absolute Gasteiger partial charge is 0.409 e. The third-order valence-electron chi connectivity index (χ3n) is 3.13. The molecular weight excluding hydrogens is 258 g/mol. The Kier molecular flexibility index (Phi) is 7.64. The smallest absolute Gasteiger partial charge is 0.147 e. The molecule has 20 heavy (non-hydrogen) atoms. The fourth-order valence-electron chi connectivity index (χ4n) is 2.03. The lowest BCUT2D eigenvalue weighted by molar-refractivity contribution is 0.148. The number of nitrogens with one attached hydrogen (secondary N) is 1. The Bertz CT molecular complexity index is 392. The lowest BCUT2D eigenvalue weighted by Gasteiger charge is -2.22. The van der Waals surface area contributed by atoms with E-state index in [0.29, 0.717) is 19.6 Å². The van der Waals surface area contributed by atoms with Crippen LogP contribution in [0.1, 0.15) is 17.9 Å². The van der Waals surface area contributed by atoms with E-state index in [1.165, 1.54) is 0 Å². The van der Waals surface area contributed by atoms with Crippen molar-refractivity contribution in [3.8, 4) is 0 Å². The van der Waals surface area contributed by atoms with Crippen LogP contribution in [0, 0.1) is 0 Å². The molecule has 0 fully saturated rings. The quantitative estimate of drug-likeness (QED) is 0.229. The van der Waals surface area contributed by atoms with E-state index in [1.807, 2.05) is 30.3 Å². The van der Waals surface area contributed by atoms with Crippen molar-refractivity contribution in [1.29, 1.82) is 0 Å². The van der Waals surface area contributed by atoms with Crippen molar-refractivity contribution < 1.29 is 15.1 Å². The monoisotopic (exact) mass is 281 g/mol. The molecule has 0 aliphatic heterocycles. The highest BCUT2D eigenvalue weighted by Gasteiger charge is 2.18. The average Bonchev–Trinajstić information content (AvgIpc) is 2.48. The maximum atomic E-state index is 9.02. The second kappa shape index (κ2) is 9.30. The summed E-state index contributed by atoms with van der Waals surface area (Å²) in [5.74, 6) is -0.0666. The molecule has 112 valence electrons. The van der Waals surface area contributed by atoms with Gasteiger partial charge < -0.3 is 26.1 Å². The Balaban J connectivity index is 2.71. The first kappa shape index (κ1) is 16.4. The van der Waals surface area contributed by atoms with Crippen molar-refractivity contribution in [3.63, 3.8) is 0 Å². The molecule has 6 heteroatoms. The summed E-state index contributed by atoms with van der Waals surface area (Å²) in [7, 11) is 1.62. The van der Waals surface area contributed by atoms with Crippen molar-refractivity contribution in [2.45, 2.75) is 18.4 Å². The van der Waals surface area contributed by atoms with E-state index in [2.05, 4.69) is 10.5 Å². The van der Waals surface area contributed by atoms with Gasteiger partial charge in [-0.3, -0.25) is 0 Å². The second-order valence-electron chi connectivity index (χ2n) is 4.56. The number of benzene rings is 1. The lowest BCUT2D eigenvalue weighted by Crippen LogP contribution is -2.40. The fraction of sp³-hybridized carbons (Fsp3) is 0.500. The van der Waals surface area contributed by atoms with Gasteiger partial charge in [0, 0.05) is 26.3 Å². The first-order chi connectivity index (χ1) is 9.72. The maximum absolute atomic E-state index is 9.02. The van der Waals surface area contributed by atoms with E-state index in [-0.39, 0.29) is 24.4 Å². The Hall–Kier alpha value is -1.63. The molecule has 2 unspecified atom stereocenters. The van der Waals surface area contributed by atoms with Crippen molar-refractivity contribution in [1.82, 2.24) is 5.32 Å². The van der Waals surface area contributed by atoms with Gasteiger partial charge in [0.25, 0.3) is 0 Å². The number of nitrogens with two attached hydrogens (primary N) is 1. The van der Waals surface area contributed by atoms with Gasteiger partial charge in [0.05, 0.1) is 12.5 Å². The number of oxime groups is 1. The molecule has 2 atom stereocenters. The molecule has 0 saturated heterocycles. The normalized spacial score (nSPS) is 15.0. The molecule has 0 bridgehead atoms. The van der Waals surface area contributed by atoms with Crippen LogP contribution in [-0.4, -0.2) is 49.1 Å². The first-order valence-electron chi connectivity index (χ1n) is 6.58. The number of rotatable bonds is 9. The highest BCUT2D eigenvalue weighted by atomic mass is 16.5. The predicted octanol–water partition coefficient (Wildman–Crippen LogP) is 0.504. The highest BCUT2D eigenvalue weighted by Crippen LogP contribution is 2.15. The minimum absolute atomic E-state index is 0.0303.